The SMILES string of the molecule is CSC(C)(C)C.CSC(C)(C)C.O=C(O)CCC(=O)CCCSSCCNC(=O)CCC(=O)O. The highest BCUT2D eigenvalue weighted by atomic mass is 33.1. The number of carbonyl (C=O) groups is 4. The fraction of sp³-hybridized carbons (Fsp3) is 0.826. The predicted octanol–water partition coefficient (Wildman–Crippen LogP) is 5.86. The van der Waals surface area contributed by atoms with Crippen LogP contribution in [0.4, 0.5) is 0 Å². The van der Waals surface area contributed by atoms with E-state index in [9.17, 15) is 19.2 Å². The average Bonchev–Trinajstić information content (AvgIpc) is 2.72. The summed E-state index contributed by atoms with van der Waals surface area (Å²) in [5.74, 6) is -0.746. The molecule has 7 nitrogen and oxygen atoms in total. The van der Waals surface area contributed by atoms with Gasteiger partial charge in [0.25, 0.3) is 0 Å². The lowest BCUT2D eigenvalue weighted by Gasteiger charge is -2.12. The van der Waals surface area contributed by atoms with Gasteiger partial charge in [0.2, 0.25) is 5.91 Å². The molecular formula is C23H45NO6S4. The van der Waals surface area contributed by atoms with E-state index >= 15 is 0 Å². The number of Topliss-reactive ketones (excluding diaryl/α,β-unsaturated/α-hetero) is 1. The minimum atomic E-state index is -0.988. The highest BCUT2D eigenvalue weighted by Gasteiger charge is 2.07. The summed E-state index contributed by atoms with van der Waals surface area (Å²) in [7, 11) is 3.16. The molecule has 34 heavy (non-hydrogen) atoms. The molecule has 0 aromatic heterocycles. The summed E-state index contributed by atoms with van der Waals surface area (Å²) in [5, 5.41) is 19.5. The van der Waals surface area contributed by atoms with Crippen molar-refractivity contribution in [2.75, 3.05) is 30.6 Å². The van der Waals surface area contributed by atoms with E-state index in [1.807, 2.05) is 23.5 Å². The van der Waals surface area contributed by atoms with Gasteiger partial charge >= 0.3 is 11.9 Å². The summed E-state index contributed by atoms with van der Waals surface area (Å²) in [5.41, 5.74) is 0. The van der Waals surface area contributed by atoms with Gasteiger partial charge < -0.3 is 15.5 Å². The Morgan fingerprint density at radius 1 is 0.676 bits per heavy atom. The Morgan fingerprint density at radius 3 is 1.50 bits per heavy atom. The zero-order chi connectivity index (χ0) is 27.2. The topological polar surface area (TPSA) is 121 Å². The monoisotopic (exact) mass is 559 g/mol. The number of hydrogen-bond donors (Lipinski definition) is 3. The molecule has 0 saturated heterocycles. The van der Waals surface area contributed by atoms with Crippen LogP contribution in [0.2, 0.25) is 0 Å². The van der Waals surface area contributed by atoms with Gasteiger partial charge in [-0.2, -0.15) is 23.5 Å². The number of amides is 1. The molecule has 0 aliphatic carbocycles. The van der Waals surface area contributed by atoms with Gasteiger partial charge in [-0.05, 0) is 18.9 Å². The quantitative estimate of drug-likeness (QED) is 0.176. The highest BCUT2D eigenvalue weighted by Crippen LogP contribution is 2.22. The normalized spacial score (nSPS) is 10.8. The summed E-state index contributed by atoms with van der Waals surface area (Å²) in [6.07, 6.45) is 5.17. The maximum Gasteiger partial charge on any atom is 0.303 e. The lowest BCUT2D eigenvalue weighted by molar-refractivity contribution is -0.139. The molecule has 0 saturated carbocycles. The summed E-state index contributed by atoms with van der Waals surface area (Å²) < 4.78 is 0.917. The van der Waals surface area contributed by atoms with Gasteiger partial charge in [-0.15, -0.1) is 0 Å². The van der Waals surface area contributed by atoms with Crippen LogP contribution in [0, 0.1) is 0 Å². The van der Waals surface area contributed by atoms with E-state index in [0.717, 1.165) is 5.75 Å². The Kier molecular flexibility index (Phi) is 25.6. The first-order valence-electron chi connectivity index (χ1n) is 11.1. The van der Waals surface area contributed by atoms with Crippen LogP contribution in [0.25, 0.3) is 0 Å². The van der Waals surface area contributed by atoms with E-state index in [1.165, 1.54) is 0 Å². The number of ketones is 1. The highest BCUT2D eigenvalue weighted by molar-refractivity contribution is 8.76. The Hall–Kier alpha value is -0.520. The van der Waals surface area contributed by atoms with E-state index in [0.29, 0.717) is 34.6 Å². The number of thioether (sulfide) groups is 2. The smallest absolute Gasteiger partial charge is 0.303 e. The lowest BCUT2D eigenvalue weighted by atomic mass is 10.1. The van der Waals surface area contributed by atoms with Crippen molar-refractivity contribution in [3.8, 4) is 0 Å². The van der Waals surface area contributed by atoms with Crippen LogP contribution < -0.4 is 5.32 Å². The van der Waals surface area contributed by atoms with Crippen LogP contribution >= 0.6 is 45.1 Å². The van der Waals surface area contributed by atoms with Crippen molar-refractivity contribution >= 4 is 68.7 Å². The van der Waals surface area contributed by atoms with Gasteiger partial charge in [-0.25, -0.2) is 0 Å². The zero-order valence-corrected chi connectivity index (χ0v) is 25.3. The second-order valence-electron chi connectivity index (χ2n) is 9.06. The third-order valence-corrected chi connectivity index (χ3v) is 8.62. The zero-order valence-electron chi connectivity index (χ0n) is 22.0. The van der Waals surface area contributed by atoms with Gasteiger partial charge in [0.15, 0.2) is 0 Å². The largest absolute Gasteiger partial charge is 0.481 e. The molecule has 0 unspecified atom stereocenters. The van der Waals surface area contributed by atoms with Gasteiger partial charge in [0, 0.05) is 46.8 Å². The second kappa shape index (κ2) is 22.9. The molecule has 0 fully saturated rings. The molecule has 0 bridgehead atoms. The molecule has 0 radical (unpaired) electrons. The van der Waals surface area contributed by atoms with Gasteiger partial charge in [-0.1, -0.05) is 63.1 Å². The molecule has 0 rings (SSSR count). The van der Waals surface area contributed by atoms with Crippen molar-refractivity contribution in [1.82, 2.24) is 5.32 Å². The van der Waals surface area contributed by atoms with Gasteiger partial charge in [-0.3, -0.25) is 19.2 Å². The van der Waals surface area contributed by atoms with Crippen molar-refractivity contribution in [3.05, 3.63) is 0 Å². The first kappa shape index (κ1) is 38.0. The van der Waals surface area contributed by atoms with Crippen molar-refractivity contribution in [2.24, 2.45) is 0 Å². The van der Waals surface area contributed by atoms with Crippen molar-refractivity contribution < 1.29 is 29.4 Å². The molecule has 11 heteroatoms. The number of nitrogens with one attached hydrogen (secondary N) is 1. The van der Waals surface area contributed by atoms with Crippen LogP contribution in [0.1, 0.15) is 80.1 Å². The number of hydrogen-bond acceptors (Lipinski definition) is 8. The lowest BCUT2D eigenvalue weighted by Crippen LogP contribution is -2.25. The van der Waals surface area contributed by atoms with Crippen LogP contribution in [-0.4, -0.2) is 73.9 Å². The predicted molar refractivity (Wildman–Crippen MR) is 152 cm³/mol. The molecule has 0 atom stereocenters. The Morgan fingerprint density at radius 2 is 1.09 bits per heavy atom. The van der Waals surface area contributed by atoms with E-state index in [4.69, 9.17) is 10.2 Å². The minimum absolute atomic E-state index is 0.00834. The molecular weight excluding hydrogens is 515 g/mol. The maximum absolute atomic E-state index is 11.3. The number of carbonyl (C=O) groups excluding carboxylic acids is 2. The van der Waals surface area contributed by atoms with Crippen LogP contribution in [0.5, 0.6) is 0 Å². The number of rotatable bonds is 14. The van der Waals surface area contributed by atoms with Crippen molar-refractivity contribution in [3.63, 3.8) is 0 Å². The fourth-order valence-electron chi connectivity index (χ4n) is 1.36. The van der Waals surface area contributed by atoms with E-state index in [-0.39, 0.29) is 37.4 Å². The van der Waals surface area contributed by atoms with Crippen LogP contribution in [0.3, 0.4) is 0 Å². The number of carboxylic acid groups (broad SMARTS) is 2. The molecule has 0 heterocycles. The standard InChI is InChI=1S/C13H21NO6S2.2C5H12S/c15-10(3-5-12(17)18)2-1-8-21-22-9-7-14-11(16)4-6-13(19)20;2*1-5(2,3)6-4/h1-9H2,(H,14,16)(H,17,18)(H,19,20);2*1-4H3. The Bertz CT molecular complexity index is 525. The third-order valence-electron chi connectivity index (χ3n) is 3.68. The summed E-state index contributed by atoms with van der Waals surface area (Å²) >= 11 is 3.76. The molecule has 0 spiro atoms. The minimum Gasteiger partial charge on any atom is -0.481 e. The molecule has 0 aliphatic rings. The van der Waals surface area contributed by atoms with Crippen LogP contribution in [0.15, 0.2) is 0 Å². The molecule has 1 amide bonds. The van der Waals surface area contributed by atoms with E-state index in [2.05, 4.69) is 59.4 Å². The summed E-state index contributed by atoms with van der Waals surface area (Å²) in [6.45, 7) is 13.7. The van der Waals surface area contributed by atoms with E-state index in [1.54, 1.807) is 21.6 Å². The van der Waals surface area contributed by atoms with Gasteiger partial charge in [0.05, 0.1) is 12.8 Å². The van der Waals surface area contributed by atoms with Crippen molar-refractivity contribution in [2.45, 2.75) is 89.6 Å². The maximum atomic E-state index is 11.3. The summed E-state index contributed by atoms with van der Waals surface area (Å²) in [4.78, 5) is 43.0. The average molecular weight is 560 g/mol. The van der Waals surface area contributed by atoms with E-state index < -0.39 is 11.9 Å². The number of aliphatic carboxylic acids is 2. The van der Waals surface area contributed by atoms with Gasteiger partial charge in [0.1, 0.15) is 5.78 Å². The Balaban J connectivity index is -0.000000653. The third kappa shape index (κ3) is 41.7. The molecule has 202 valence electrons. The molecule has 3 N–H and O–H groups in total. The fourth-order valence-corrected chi connectivity index (χ4v) is 3.35. The molecule has 0 aromatic carbocycles. The molecule has 0 aliphatic heterocycles. The first-order chi connectivity index (χ1) is 15.5. The summed E-state index contributed by atoms with van der Waals surface area (Å²) in [6, 6.07) is 0. The second-order valence-corrected chi connectivity index (χ2v) is 15.0. The Labute approximate surface area is 222 Å². The first-order valence-corrected chi connectivity index (χ1v) is 16.0. The van der Waals surface area contributed by atoms with Crippen molar-refractivity contribution in [1.29, 1.82) is 0 Å². The molecule has 0 aromatic rings. The van der Waals surface area contributed by atoms with Crippen LogP contribution in [-0.2, 0) is 19.2 Å². The number of carboxylic acids is 2.